The van der Waals surface area contributed by atoms with E-state index in [0.29, 0.717) is 35.2 Å². The molecular formula is C29H47NO5. The molecule has 0 bridgehead atoms. The van der Waals surface area contributed by atoms with Crippen LogP contribution in [0.25, 0.3) is 0 Å². The van der Waals surface area contributed by atoms with Crippen molar-refractivity contribution in [3.05, 3.63) is 35.5 Å². The molecular weight excluding hydrogens is 442 g/mol. The first-order chi connectivity index (χ1) is 16.4. The highest BCUT2D eigenvalue weighted by atomic mass is 16.5. The Morgan fingerprint density at radius 2 is 2.03 bits per heavy atom. The molecule has 6 nitrogen and oxygen atoms in total. The minimum Gasteiger partial charge on any atom is -0.453 e. The minimum atomic E-state index is -1.06. The van der Waals surface area contributed by atoms with E-state index in [-0.39, 0.29) is 0 Å². The number of hydrogen-bond donors (Lipinski definition) is 4. The fourth-order valence-corrected chi connectivity index (χ4v) is 7.13. The molecule has 3 aliphatic rings. The highest BCUT2D eigenvalue weighted by molar-refractivity contribution is 5.68. The van der Waals surface area contributed by atoms with Crippen molar-refractivity contribution in [3.63, 3.8) is 0 Å². The van der Waals surface area contributed by atoms with Gasteiger partial charge in [0.25, 0.3) is 0 Å². The number of hydrogen-bond acceptors (Lipinski definition) is 5. The summed E-state index contributed by atoms with van der Waals surface area (Å²) in [7, 11) is 1.26. The lowest BCUT2D eigenvalue weighted by molar-refractivity contribution is 0.0415. The van der Waals surface area contributed by atoms with Crippen LogP contribution < -0.4 is 5.32 Å². The number of fused-ring (bicyclic) bond motifs is 1. The van der Waals surface area contributed by atoms with Crippen LogP contribution in [0, 0.1) is 23.2 Å². The van der Waals surface area contributed by atoms with Gasteiger partial charge in [0.15, 0.2) is 0 Å². The lowest BCUT2D eigenvalue weighted by Gasteiger charge is -2.44. The number of methoxy groups -OCH3 is 1. The summed E-state index contributed by atoms with van der Waals surface area (Å²) in [6, 6.07) is -0.828. The smallest absolute Gasteiger partial charge is 0.407 e. The van der Waals surface area contributed by atoms with E-state index in [9.17, 15) is 20.1 Å². The van der Waals surface area contributed by atoms with Crippen LogP contribution in [0.3, 0.4) is 0 Å². The van der Waals surface area contributed by atoms with Crippen LogP contribution in [-0.4, -0.2) is 52.4 Å². The average Bonchev–Trinajstić information content (AvgIpc) is 3.14. The third-order valence-corrected chi connectivity index (χ3v) is 9.09. The highest BCUT2D eigenvalue weighted by Crippen LogP contribution is 2.60. The molecule has 0 unspecified atom stereocenters. The Kier molecular flexibility index (Phi) is 8.93. The molecule has 4 N–H and O–H groups in total. The number of carbonyl (C=O) groups is 1. The van der Waals surface area contributed by atoms with Gasteiger partial charge in [-0.2, -0.15) is 0 Å². The maximum absolute atomic E-state index is 11.6. The maximum atomic E-state index is 11.6. The Labute approximate surface area is 211 Å². The molecule has 0 aliphatic heterocycles. The number of aliphatic hydroxyl groups excluding tert-OH is 2. The molecule has 6 heteroatoms. The molecule has 0 aromatic heterocycles. The van der Waals surface area contributed by atoms with Gasteiger partial charge in [0.05, 0.1) is 24.9 Å². The molecule has 3 fully saturated rings. The zero-order valence-electron chi connectivity index (χ0n) is 22.3. The average molecular weight is 490 g/mol. The Morgan fingerprint density at radius 3 is 2.69 bits per heavy atom. The van der Waals surface area contributed by atoms with E-state index >= 15 is 0 Å². The maximum Gasteiger partial charge on any atom is 0.407 e. The Bertz CT molecular complexity index is 841. The van der Waals surface area contributed by atoms with Crippen molar-refractivity contribution in [2.75, 3.05) is 7.11 Å². The standard InChI is InChI=1S/C29H47NO5/c1-18(9-7-15-28(3,4)34)22-13-14-23-20(10-8-16-29(22,23)5)11-12-21-17-24(31)25(26(32)19(21)2)30-27(33)35-6/h11-12,18,22-26,31-32,34H,2,7-10,13-17H2,1,3-6H3,(H,30,33)/b20-11+,21-12-/t18-,22-,23+,24-,25-,26-,29-/m1/s1. The third-order valence-electron chi connectivity index (χ3n) is 9.09. The second kappa shape index (κ2) is 11.2. The van der Waals surface area contributed by atoms with Crippen LogP contribution in [0.5, 0.6) is 0 Å². The molecule has 35 heavy (non-hydrogen) atoms. The second-order valence-corrected chi connectivity index (χ2v) is 12.1. The van der Waals surface area contributed by atoms with E-state index < -0.39 is 29.9 Å². The number of nitrogens with one attached hydrogen (secondary N) is 1. The first-order valence-electron chi connectivity index (χ1n) is 13.4. The van der Waals surface area contributed by atoms with Gasteiger partial charge in [-0.15, -0.1) is 0 Å². The molecule has 0 aromatic carbocycles. The van der Waals surface area contributed by atoms with Crippen molar-refractivity contribution in [2.24, 2.45) is 23.2 Å². The topological polar surface area (TPSA) is 99.0 Å². The molecule has 0 saturated heterocycles. The summed E-state index contributed by atoms with van der Waals surface area (Å²) >= 11 is 0. The molecule has 7 atom stereocenters. The van der Waals surface area contributed by atoms with E-state index in [2.05, 4.69) is 36.6 Å². The number of carbonyl (C=O) groups excluding carboxylic acids is 1. The van der Waals surface area contributed by atoms with Gasteiger partial charge in [-0.1, -0.05) is 51.0 Å². The molecule has 0 radical (unpaired) electrons. The molecule has 0 heterocycles. The predicted octanol–water partition coefficient (Wildman–Crippen LogP) is 5.04. The normalized spacial score (nSPS) is 36.8. The Balaban J connectivity index is 1.70. The monoisotopic (exact) mass is 489 g/mol. The van der Waals surface area contributed by atoms with Crippen LogP contribution in [0.15, 0.2) is 35.5 Å². The summed E-state index contributed by atoms with van der Waals surface area (Å²) in [5.41, 5.74) is 2.56. The predicted molar refractivity (Wildman–Crippen MR) is 139 cm³/mol. The fraction of sp³-hybridized carbons (Fsp3) is 0.759. The molecule has 198 valence electrons. The van der Waals surface area contributed by atoms with E-state index in [1.165, 1.54) is 38.4 Å². The minimum absolute atomic E-state index is 0.300. The highest BCUT2D eigenvalue weighted by Gasteiger charge is 2.50. The summed E-state index contributed by atoms with van der Waals surface area (Å²) in [4.78, 5) is 11.6. The molecule has 3 saturated carbocycles. The number of allylic oxidation sites excluding steroid dienone is 3. The van der Waals surface area contributed by atoms with Crippen molar-refractivity contribution in [1.29, 1.82) is 0 Å². The third kappa shape index (κ3) is 6.39. The quantitative estimate of drug-likeness (QED) is 0.402. The van der Waals surface area contributed by atoms with Crippen LogP contribution in [0.2, 0.25) is 0 Å². The summed E-state index contributed by atoms with van der Waals surface area (Å²) in [6.45, 7) is 12.7. The summed E-state index contributed by atoms with van der Waals surface area (Å²) in [5.74, 6) is 1.91. The van der Waals surface area contributed by atoms with Gasteiger partial charge < -0.3 is 25.4 Å². The van der Waals surface area contributed by atoms with E-state index in [0.717, 1.165) is 31.3 Å². The van der Waals surface area contributed by atoms with Crippen LogP contribution in [-0.2, 0) is 4.74 Å². The first-order valence-corrected chi connectivity index (χ1v) is 13.4. The first kappa shape index (κ1) is 27.9. The largest absolute Gasteiger partial charge is 0.453 e. The number of aliphatic hydroxyl groups is 3. The molecule has 3 rings (SSSR count). The van der Waals surface area contributed by atoms with Crippen molar-refractivity contribution in [1.82, 2.24) is 5.32 Å². The molecule has 1 amide bonds. The van der Waals surface area contributed by atoms with Gasteiger partial charge in [0.1, 0.15) is 6.10 Å². The summed E-state index contributed by atoms with van der Waals surface area (Å²) in [5, 5.41) is 33.8. The molecule has 0 aromatic rings. The Morgan fingerprint density at radius 1 is 1.31 bits per heavy atom. The van der Waals surface area contributed by atoms with Gasteiger partial charge in [-0.25, -0.2) is 4.79 Å². The van der Waals surface area contributed by atoms with Crippen LogP contribution in [0.1, 0.15) is 85.5 Å². The Hall–Kier alpha value is -1.63. The zero-order valence-corrected chi connectivity index (χ0v) is 22.3. The van der Waals surface area contributed by atoms with Crippen LogP contribution in [0.4, 0.5) is 4.79 Å². The summed E-state index contributed by atoms with van der Waals surface area (Å²) < 4.78 is 4.61. The lowest BCUT2D eigenvalue weighted by atomic mass is 9.60. The zero-order chi connectivity index (χ0) is 26.0. The van der Waals surface area contributed by atoms with Gasteiger partial charge in [0, 0.05) is 6.42 Å². The van der Waals surface area contributed by atoms with Crippen LogP contribution >= 0.6 is 0 Å². The van der Waals surface area contributed by atoms with Gasteiger partial charge in [-0.05, 0) is 86.7 Å². The number of alkyl carbamates (subject to hydrolysis) is 1. The summed E-state index contributed by atoms with van der Waals surface area (Å²) in [6.07, 6.45) is 11.0. The van der Waals surface area contributed by atoms with Crippen molar-refractivity contribution in [2.45, 2.75) is 109 Å². The van der Waals surface area contributed by atoms with Crippen molar-refractivity contribution < 1.29 is 24.9 Å². The lowest BCUT2D eigenvalue weighted by Crippen LogP contribution is -2.54. The molecule has 3 aliphatic carbocycles. The number of rotatable bonds is 7. The van der Waals surface area contributed by atoms with E-state index in [4.69, 9.17) is 0 Å². The van der Waals surface area contributed by atoms with Crippen molar-refractivity contribution >= 4 is 6.09 Å². The molecule has 0 spiro atoms. The number of ether oxygens (including phenoxy) is 1. The van der Waals surface area contributed by atoms with Gasteiger partial charge in [0.2, 0.25) is 0 Å². The SMILES string of the molecule is C=C1/C(=C\C=C2/CCC[C@]3(C)[C@@H]([C@H](C)CCCC(C)(C)O)CC[C@@H]23)C[C@@H](O)[C@@H](NC(=O)OC)[C@@H]1O. The van der Waals surface area contributed by atoms with Crippen molar-refractivity contribution in [3.8, 4) is 0 Å². The fourth-order valence-electron chi connectivity index (χ4n) is 7.13. The van der Waals surface area contributed by atoms with Gasteiger partial charge >= 0.3 is 6.09 Å². The van der Waals surface area contributed by atoms with E-state index in [1.807, 2.05) is 19.9 Å². The van der Waals surface area contributed by atoms with Gasteiger partial charge in [-0.3, -0.25) is 0 Å². The number of amides is 1. The second-order valence-electron chi connectivity index (χ2n) is 12.1. The van der Waals surface area contributed by atoms with E-state index in [1.54, 1.807) is 0 Å².